The van der Waals surface area contributed by atoms with Crippen molar-refractivity contribution in [3.8, 4) is 0 Å². The van der Waals surface area contributed by atoms with Gasteiger partial charge in [0.25, 0.3) is 5.91 Å². The molecule has 0 saturated carbocycles. The molecule has 8 nitrogen and oxygen atoms in total. The lowest BCUT2D eigenvalue weighted by Crippen LogP contribution is -2.39. The molecule has 0 fully saturated rings. The smallest absolute Gasteiger partial charge is 0.267 e. The Bertz CT molecular complexity index is 951. The van der Waals surface area contributed by atoms with Gasteiger partial charge in [0.15, 0.2) is 5.78 Å². The largest absolute Gasteiger partial charge is 0.364 e. The third kappa shape index (κ3) is 4.82. The molecule has 3 rings (SSSR count). The lowest BCUT2D eigenvalue weighted by molar-refractivity contribution is -0.126. The van der Waals surface area contributed by atoms with Crippen molar-refractivity contribution in [2.75, 3.05) is 14.1 Å². The van der Waals surface area contributed by atoms with Crippen LogP contribution in [0.4, 0.5) is 0 Å². The molecule has 0 radical (unpaired) electrons. The molecule has 1 aliphatic rings. The predicted octanol–water partition coefficient (Wildman–Crippen LogP) is 1.77. The first-order valence-corrected chi connectivity index (χ1v) is 9.31. The summed E-state index contributed by atoms with van der Waals surface area (Å²) in [6.07, 6.45) is 1.19. The summed E-state index contributed by atoms with van der Waals surface area (Å²) in [5, 5.41) is 0. The minimum Gasteiger partial charge on any atom is -0.364 e. The van der Waals surface area contributed by atoms with Crippen LogP contribution >= 0.6 is 0 Å². The van der Waals surface area contributed by atoms with E-state index in [2.05, 4.69) is 15.0 Å². The number of carbonyl (C=O) groups is 3. The number of nitrogens with two attached hydrogens (primary N) is 1. The van der Waals surface area contributed by atoms with Crippen LogP contribution in [0.15, 0.2) is 18.2 Å². The molecule has 0 spiro atoms. The molecule has 0 aromatic carbocycles. The fourth-order valence-corrected chi connectivity index (χ4v) is 3.06. The van der Waals surface area contributed by atoms with Crippen LogP contribution < -0.4 is 5.73 Å². The lowest BCUT2D eigenvalue weighted by atomic mass is 9.70. The van der Waals surface area contributed by atoms with Gasteiger partial charge in [-0.2, -0.15) is 0 Å². The molecule has 2 aromatic heterocycles. The molecule has 2 heterocycles. The number of amides is 2. The highest BCUT2D eigenvalue weighted by Gasteiger charge is 2.42. The molecule has 1 unspecified atom stereocenters. The fourth-order valence-electron chi connectivity index (χ4n) is 3.06. The third-order valence-corrected chi connectivity index (χ3v) is 5.00. The van der Waals surface area contributed by atoms with Gasteiger partial charge in [-0.1, -0.05) is 0 Å². The number of hydrogen-bond donors (Lipinski definition) is 1. The Hall–Kier alpha value is -3.16. The molecule has 0 bridgehead atoms. The van der Waals surface area contributed by atoms with Crippen LogP contribution in [-0.2, 0) is 16.6 Å². The number of Topliss-reactive ketones (excluding diaryl/α,β-unsaturated/α-hetero) is 1. The SMILES string of the molecule is CC(=O)N(C)C.Cc1cc(C2(C)CCc3nc(C(N)=O)ccc3C2=O)nc(C)n1. The highest BCUT2D eigenvalue weighted by molar-refractivity contribution is 6.06. The van der Waals surface area contributed by atoms with Crippen LogP contribution in [0.3, 0.4) is 0 Å². The summed E-state index contributed by atoms with van der Waals surface area (Å²) < 4.78 is 0. The number of hydrogen-bond acceptors (Lipinski definition) is 6. The molecule has 2 N–H and O–H groups in total. The van der Waals surface area contributed by atoms with Gasteiger partial charge in [0, 0.05) is 32.3 Å². The van der Waals surface area contributed by atoms with Gasteiger partial charge < -0.3 is 10.6 Å². The molecule has 2 aromatic rings. The van der Waals surface area contributed by atoms with Gasteiger partial charge in [-0.25, -0.2) is 15.0 Å². The van der Waals surface area contributed by atoms with Crippen molar-refractivity contribution in [2.45, 2.75) is 46.0 Å². The summed E-state index contributed by atoms with van der Waals surface area (Å²) in [5.41, 5.74) is 7.48. The Morgan fingerprint density at radius 1 is 1.14 bits per heavy atom. The summed E-state index contributed by atoms with van der Waals surface area (Å²) in [5.74, 6) is 0.132. The van der Waals surface area contributed by atoms with E-state index in [1.165, 1.54) is 17.9 Å². The summed E-state index contributed by atoms with van der Waals surface area (Å²) >= 11 is 0. The van der Waals surface area contributed by atoms with Crippen LogP contribution in [-0.4, -0.2) is 51.5 Å². The Balaban J connectivity index is 0.000000438. The molecule has 1 atom stereocenters. The lowest BCUT2D eigenvalue weighted by Gasteiger charge is -2.32. The number of aromatic nitrogens is 3. The molecule has 154 valence electrons. The van der Waals surface area contributed by atoms with Gasteiger partial charge in [0.1, 0.15) is 11.5 Å². The third-order valence-electron chi connectivity index (χ3n) is 5.00. The van der Waals surface area contributed by atoms with E-state index in [1.807, 2.05) is 26.8 Å². The Morgan fingerprint density at radius 2 is 1.76 bits per heavy atom. The fraction of sp³-hybridized carbons (Fsp3) is 0.429. The van der Waals surface area contributed by atoms with Crippen molar-refractivity contribution < 1.29 is 14.4 Å². The average Bonchev–Trinajstić information content (AvgIpc) is 2.64. The van der Waals surface area contributed by atoms with Crippen molar-refractivity contribution in [3.05, 3.63) is 52.4 Å². The first-order chi connectivity index (χ1) is 13.5. The van der Waals surface area contributed by atoms with Crippen LogP contribution in [0.25, 0.3) is 0 Å². The Labute approximate surface area is 170 Å². The van der Waals surface area contributed by atoms with E-state index in [4.69, 9.17) is 5.73 Å². The van der Waals surface area contributed by atoms with Gasteiger partial charge in [0.2, 0.25) is 5.91 Å². The van der Waals surface area contributed by atoms with Gasteiger partial charge >= 0.3 is 0 Å². The number of aryl methyl sites for hydroxylation is 3. The molecule has 8 heteroatoms. The Kier molecular flexibility index (Phi) is 6.46. The monoisotopic (exact) mass is 397 g/mol. The quantitative estimate of drug-likeness (QED) is 0.825. The summed E-state index contributed by atoms with van der Waals surface area (Å²) in [4.78, 5) is 48.8. The van der Waals surface area contributed by atoms with E-state index in [-0.39, 0.29) is 17.4 Å². The first kappa shape index (κ1) is 22.1. The Morgan fingerprint density at radius 3 is 2.28 bits per heavy atom. The van der Waals surface area contributed by atoms with Crippen molar-refractivity contribution >= 4 is 17.6 Å². The number of primary amides is 1. The maximum atomic E-state index is 13.0. The first-order valence-electron chi connectivity index (χ1n) is 9.31. The van der Waals surface area contributed by atoms with Crippen LogP contribution in [0.2, 0.25) is 0 Å². The number of carbonyl (C=O) groups excluding carboxylic acids is 3. The van der Waals surface area contributed by atoms with Gasteiger partial charge in [-0.3, -0.25) is 14.4 Å². The average molecular weight is 397 g/mol. The van der Waals surface area contributed by atoms with Gasteiger partial charge in [-0.05, 0) is 51.8 Å². The zero-order chi connectivity index (χ0) is 21.9. The van der Waals surface area contributed by atoms with E-state index in [0.717, 1.165) is 11.4 Å². The second kappa shape index (κ2) is 8.46. The topological polar surface area (TPSA) is 119 Å². The zero-order valence-corrected chi connectivity index (χ0v) is 17.7. The van der Waals surface area contributed by atoms with E-state index in [9.17, 15) is 14.4 Å². The minimum absolute atomic E-state index is 0.0280. The van der Waals surface area contributed by atoms with Gasteiger partial charge in [0.05, 0.1) is 16.8 Å². The minimum atomic E-state index is -0.707. The predicted molar refractivity (Wildman–Crippen MR) is 109 cm³/mol. The number of nitrogens with zero attached hydrogens (tertiary/aromatic N) is 4. The standard InChI is InChI=1S/C17H18N4O2.C4H9NO/c1-9-8-14(20-10(2)19-9)17(3)7-6-12-11(15(17)22)4-5-13(21-12)16(18)23;1-4(6)5(2)3/h4-5,8H,6-7H2,1-3H3,(H2,18,23);1-3H3. The molecular weight excluding hydrogens is 370 g/mol. The molecule has 29 heavy (non-hydrogen) atoms. The highest BCUT2D eigenvalue weighted by Crippen LogP contribution is 2.37. The highest BCUT2D eigenvalue weighted by atomic mass is 16.2. The maximum Gasteiger partial charge on any atom is 0.267 e. The van der Waals surface area contributed by atoms with E-state index in [0.29, 0.717) is 29.9 Å². The second-order valence-electron chi connectivity index (χ2n) is 7.57. The van der Waals surface area contributed by atoms with Crippen LogP contribution in [0, 0.1) is 13.8 Å². The summed E-state index contributed by atoms with van der Waals surface area (Å²) in [6, 6.07) is 5.01. The molecule has 1 aliphatic carbocycles. The van der Waals surface area contributed by atoms with E-state index >= 15 is 0 Å². The summed E-state index contributed by atoms with van der Waals surface area (Å²) in [7, 11) is 3.45. The van der Waals surface area contributed by atoms with Crippen LogP contribution in [0.1, 0.15) is 64.0 Å². The molecule has 0 aliphatic heterocycles. The second-order valence-corrected chi connectivity index (χ2v) is 7.57. The number of rotatable bonds is 2. The van der Waals surface area contributed by atoms with Crippen molar-refractivity contribution in [1.29, 1.82) is 0 Å². The number of ketones is 1. The van der Waals surface area contributed by atoms with Crippen molar-refractivity contribution in [2.24, 2.45) is 5.73 Å². The molecule has 2 amide bonds. The normalized spacial score (nSPS) is 17.7. The van der Waals surface area contributed by atoms with Crippen LogP contribution in [0.5, 0.6) is 0 Å². The number of pyridine rings is 1. The zero-order valence-electron chi connectivity index (χ0n) is 17.7. The maximum absolute atomic E-state index is 13.0. The summed E-state index contributed by atoms with van der Waals surface area (Å²) in [6.45, 7) is 7.15. The van der Waals surface area contributed by atoms with Crippen molar-refractivity contribution in [1.82, 2.24) is 19.9 Å². The van der Waals surface area contributed by atoms with Gasteiger partial charge in [-0.15, -0.1) is 0 Å². The van der Waals surface area contributed by atoms with E-state index < -0.39 is 11.3 Å². The number of fused-ring (bicyclic) bond motifs is 1. The van der Waals surface area contributed by atoms with Crippen molar-refractivity contribution in [3.63, 3.8) is 0 Å². The molecular formula is C21H27N5O3. The van der Waals surface area contributed by atoms with E-state index in [1.54, 1.807) is 20.2 Å². The molecule has 0 saturated heterocycles.